The van der Waals surface area contributed by atoms with Crippen LogP contribution in [0.3, 0.4) is 0 Å². The maximum absolute atomic E-state index is 13.3. The van der Waals surface area contributed by atoms with Crippen LogP contribution in [-0.4, -0.2) is 46.0 Å². The molecular weight excluding hydrogens is 418 g/mol. The molecule has 0 aliphatic carbocycles. The molecule has 2 aromatic heterocycles. The van der Waals surface area contributed by atoms with E-state index in [1.807, 2.05) is 54.3 Å². The lowest BCUT2D eigenvalue weighted by Gasteiger charge is -2.25. The molecule has 164 valence electrons. The van der Waals surface area contributed by atoms with Gasteiger partial charge < -0.3 is 9.64 Å². The Bertz CT molecular complexity index is 1190. The Kier molecular flexibility index (Phi) is 6.06. The number of thiazole rings is 1. The van der Waals surface area contributed by atoms with Crippen molar-refractivity contribution in [2.24, 2.45) is 0 Å². The minimum absolute atomic E-state index is 0.0718. The van der Waals surface area contributed by atoms with Crippen molar-refractivity contribution in [3.05, 3.63) is 83.0 Å². The summed E-state index contributed by atoms with van der Waals surface area (Å²) in [5, 5.41) is 2.15. The van der Waals surface area contributed by atoms with Crippen molar-refractivity contribution in [1.29, 1.82) is 0 Å². The molecule has 1 aliphatic heterocycles. The highest BCUT2D eigenvalue weighted by molar-refractivity contribution is 7.15. The van der Waals surface area contributed by atoms with Crippen LogP contribution < -0.4 is 0 Å². The first-order chi connectivity index (χ1) is 15.7. The van der Waals surface area contributed by atoms with Crippen molar-refractivity contribution in [1.82, 2.24) is 14.3 Å². The molecule has 2 aromatic carbocycles. The zero-order valence-electron chi connectivity index (χ0n) is 18.2. The van der Waals surface area contributed by atoms with E-state index in [4.69, 9.17) is 9.72 Å². The van der Waals surface area contributed by atoms with E-state index in [1.54, 1.807) is 11.3 Å². The first-order valence-corrected chi connectivity index (χ1v) is 12.0. The van der Waals surface area contributed by atoms with E-state index in [-0.39, 0.29) is 12.0 Å². The van der Waals surface area contributed by atoms with Crippen molar-refractivity contribution in [2.75, 3.05) is 19.7 Å². The van der Waals surface area contributed by atoms with Crippen LogP contribution in [0, 0.1) is 6.92 Å². The van der Waals surface area contributed by atoms with Crippen LogP contribution in [-0.2, 0) is 11.2 Å². The second-order valence-electron chi connectivity index (χ2n) is 8.37. The number of carbonyl (C=O) groups is 1. The minimum Gasteiger partial charge on any atom is -0.376 e. The molecule has 5 nitrogen and oxygen atoms in total. The molecule has 3 heterocycles. The number of rotatable bonds is 7. The van der Waals surface area contributed by atoms with Gasteiger partial charge in [-0.05, 0) is 31.9 Å². The summed E-state index contributed by atoms with van der Waals surface area (Å²) in [6, 6.07) is 18.1. The molecule has 1 atom stereocenters. The monoisotopic (exact) mass is 445 g/mol. The van der Waals surface area contributed by atoms with Gasteiger partial charge in [-0.2, -0.15) is 0 Å². The fraction of sp³-hybridized carbons (Fsp3) is 0.308. The lowest BCUT2D eigenvalue weighted by Crippen LogP contribution is -2.38. The number of amides is 1. The predicted octanol–water partition coefficient (Wildman–Crippen LogP) is 5.24. The molecule has 1 amide bonds. The number of benzene rings is 2. The number of fused-ring (bicyclic) bond motifs is 1. The molecule has 6 heteroatoms. The SMILES string of the molecule is Cc1ccc(C(=O)N(CCc2csc3nc(-c4ccccc4)cn23)C[C@@H]2CCCO2)cc1. The van der Waals surface area contributed by atoms with Gasteiger partial charge in [0.1, 0.15) is 0 Å². The largest absolute Gasteiger partial charge is 0.376 e. The van der Waals surface area contributed by atoms with Crippen LogP contribution in [0.1, 0.15) is 34.5 Å². The van der Waals surface area contributed by atoms with Crippen LogP contribution >= 0.6 is 11.3 Å². The standard InChI is InChI=1S/C26H27N3O2S/c1-19-9-11-21(12-10-19)25(30)28(16-23-8-5-15-31-23)14-13-22-18-32-26-27-24(17-29(22)26)20-6-3-2-4-7-20/h2-4,6-7,9-12,17-18,23H,5,8,13-16H2,1H3/t23-/m0/s1. The second kappa shape index (κ2) is 9.27. The summed E-state index contributed by atoms with van der Waals surface area (Å²) in [6.07, 6.45) is 5.09. The van der Waals surface area contributed by atoms with Crippen molar-refractivity contribution >= 4 is 22.2 Å². The molecule has 4 aromatic rings. The van der Waals surface area contributed by atoms with E-state index in [1.165, 1.54) is 5.69 Å². The van der Waals surface area contributed by atoms with Gasteiger partial charge in [0.05, 0.1) is 11.8 Å². The summed E-state index contributed by atoms with van der Waals surface area (Å²) in [5.74, 6) is 0.0718. The summed E-state index contributed by atoms with van der Waals surface area (Å²) in [6.45, 7) is 4.12. The van der Waals surface area contributed by atoms with Gasteiger partial charge in [-0.1, -0.05) is 48.0 Å². The van der Waals surface area contributed by atoms with Crippen LogP contribution in [0.4, 0.5) is 0 Å². The number of nitrogens with zero attached hydrogens (tertiary/aromatic N) is 3. The minimum atomic E-state index is 0.0718. The fourth-order valence-electron chi connectivity index (χ4n) is 4.20. The van der Waals surface area contributed by atoms with Crippen molar-refractivity contribution < 1.29 is 9.53 Å². The Morgan fingerprint density at radius 3 is 2.75 bits per heavy atom. The number of ether oxygens (including phenoxy) is 1. The molecule has 0 spiro atoms. The third-order valence-electron chi connectivity index (χ3n) is 6.02. The smallest absolute Gasteiger partial charge is 0.253 e. The summed E-state index contributed by atoms with van der Waals surface area (Å²) >= 11 is 1.64. The van der Waals surface area contributed by atoms with Gasteiger partial charge in [0.2, 0.25) is 0 Å². The number of aryl methyl sites for hydroxylation is 1. The van der Waals surface area contributed by atoms with Crippen LogP contribution in [0.2, 0.25) is 0 Å². The molecule has 0 bridgehead atoms. The van der Waals surface area contributed by atoms with Gasteiger partial charge in [0, 0.05) is 54.5 Å². The zero-order valence-corrected chi connectivity index (χ0v) is 19.1. The first kappa shape index (κ1) is 20.9. The average Bonchev–Trinajstić information content (AvgIpc) is 3.56. The molecule has 32 heavy (non-hydrogen) atoms. The Labute approximate surface area is 192 Å². The third kappa shape index (κ3) is 4.47. The highest BCUT2D eigenvalue weighted by atomic mass is 32.1. The molecule has 0 radical (unpaired) electrons. The quantitative estimate of drug-likeness (QED) is 0.391. The Hall–Kier alpha value is -2.96. The van der Waals surface area contributed by atoms with Crippen LogP contribution in [0.15, 0.2) is 66.2 Å². The normalized spacial score (nSPS) is 16.0. The highest BCUT2D eigenvalue weighted by Gasteiger charge is 2.24. The van der Waals surface area contributed by atoms with E-state index in [0.717, 1.165) is 53.2 Å². The number of hydrogen-bond acceptors (Lipinski definition) is 4. The molecule has 1 fully saturated rings. The predicted molar refractivity (Wildman–Crippen MR) is 128 cm³/mol. The second-order valence-corrected chi connectivity index (χ2v) is 9.21. The van der Waals surface area contributed by atoms with E-state index in [9.17, 15) is 4.79 Å². The molecule has 0 unspecified atom stereocenters. The van der Waals surface area contributed by atoms with Gasteiger partial charge >= 0.3 is 0 Å². The lowest BCUT2D eigenvalue weighted by molar-refractivity contribution is 0.0528. The maximum Gasteiger partial charge on any atom is 0.253 e. The first-order valence-electron chi connectivity index (χ1n) is 11.2. The van der Waals surface area contributed by atoms with Crippen LogP contribution in [0.5, 0.6) is 0 Å². The van der Waals surface area contributed by atoms with E-state index >= 15 is 0 Å². The van der Waals surface area contributed by atoms with Crippen LogP contribution in [0.25, 0.3) is 16.2 Å². The zero-order chi connectivity index (χ0) is 21.9. The summed E-state index contributed by atoms with van der Waals surface area (Å²) in [4.78, 5) is 21.0. The number of hydrogen-bond donors (Lipinski definition) is 0. The lowest BCUT2D eigenvalue weighted by atomic mass is 10.1. The molecular formula is C26H27N3O2S. The molecule has 0 N–H and O–H groups in total. The van der Waals surface area contributed by atoms with E-state index in [2.05, 4.69) is 28.1 Å². The topological polar surface area (TPSA) is 46.8 Å². The highest BCUT2D eigenvalue weighted by Crippen LogP contribution is 2.24. The fourth-order valence-corrected chi connectivity index (χ4v) is 5.10. The van der Waals surface area contributed by atoms with Gasteiger partial charge in [-0.3, -0.25) is 9.20 Å². The number of imidazole rings is 1. The molecule has 5 rings (SSSR count). The average molecular weight is 446 g/mol. The van der Waals surface area contributed by atoms with E-state index in [0.29, 0.717) is 13.1 Å². The summed E-state index contributed by atoms with van der Waals surface area (Å²) < 4.78 is 8.00. The number of carbonyl (C=O) groups excluding carboxylic acids is 1. The molecule has 1 saturated heterocycles. The molecule has 0 saturated carbocycles. The summed E-state index contributed by atoms with van der Waals surface area (Å²) in [7, 11) is 0. The van der Waals surface area contributed by atoms with Gasteiger partial charge in [-0.25, -0.2) is 4.98 Å². The van der Waals surface area contributed by atoms with Gasteiger partial charge in [-0.15, -0.1) is 11.3 Å². The Balaban J connectivity index is 1.35. The van der Waals surface area contributed by atoms with Crippen molar-refractivity contribution in [2.45, 2.75) is 32.3 Å². The van der Waals surface area contributed by atoms with Crippen molar-refractivity contribution in [3.63, 3.8) is 0 Å². The van der Waals surface area contributed by atoms with Gasteiger partial charge in [0.25, 0.3) is 5.91 Å². The summed E-state index contributed by atoms with van der Waals surface area (Å²) in [5.41, 5.74) is 5.16. The van der Waals surface area contributed by atoms with Gasteiger partial charge in [0.15, 0.2) is 4.96 Å². The maximum atomic E-state index is 13.3. The third-order valence-corrected chi connectivity index (χ3v) is 6.91. The molecule has 1 aliphatic rings. The van der Waals surface area contributed by atoms with E-state index < -0.39 is 0 Å². The Morgan fingerprint density at radius 2 is 2.00 bits per heavy atom. The Morgan fingerprint density at radius 1 is 1.19 bits per heavy atom. The van der Waals surface area contributed by atoms with Crippen molar-refractivity contribution in [3.8, 4) is 11.3 Å². The number of aromatic nitrogens is 2.